The van der Waals surface area contributed by atoms with Crippen molar-refractivity contribution in [3.8, 4) is 5.75 Å². The van der Waals surface area contributed by atoms with Gasteiger partial charge in [-0.3, -0.25) is 9.69 Å². The van der Waals surface area contributed by atoms with Crippen LogP contribution in [-0.4, -0.2) is 50.6 Å². The van der Waals surface area contributed by atoms with Crippen LogP contribution in [0.1, 0.15) is 31.7 Å². The third-order valence-electron chi connectivity index (χ3n) is 4.58. The van der Waals surface area contributed by atoms with Gasteiger partial charge in [-0.2, -0.15) is 0 Å². The zero-order valence-electron chi connectivity index (χ0n) is 15.4. The first kappa shape index (κ1) is 21.7. The molecule has 0 atom stereocenters. The Kier molecular flexibility index (Phi) is 10.5. The summed E-state index contributed by atoms with van der Waals surface area (Å²) in [6, 6.07) is 7.89. The molecule has 0 spiro atoms. The second kappa shape index (κ2) is 12.1. The lowest BCUT2D eigenvalue weighted by Gasteiger charge is -2.31. The molecular weight excluding hydrogens is 338 g/mol. The Morgan fingerprint density at radius 1 is 1.32 bits per heavy atom. The molecule has 0 saturated carbocycles. The molecule has 0 unspecified atom stereocenters. The normalized spacial score (nSPS) is 15.4. The van der Waals surface area contributed by atoms with Gasteiger partial charge in [0.05, 0.1) is 13.2 Å². The molecule has 6 heteroatoms. The van der Waals surface area contributed by atoms with Crippen LogP contribution in [0.15, 0.2) is 24.3 Å². The van der Waals surface area contributed by atoms with Gasteiger partial charge in [0, 0.05) is 6.54 Å². The predicted octanol–water partition coefficient (Wildman–Crippen LogP) is 2.44. The molecule has 0 radical (unpaired) electrons. The number of ether oxygens (including phenoxy) is 1. The van der Waals surface area contributed by atoms with E-state index in [0.29, 0.717) is 19.7 Å². The Hall–Kier alpha value is -1.30. The third kappa shape index (κ3) is 8.08. The van der Waals surface area contributed by atoms with Crippen LogP contribution in [-0.2, 0) is 11.3 Å². The highest BCUT2D eigenvalue weighted by Crippen LogP contribution is 2.19. The van der Waals surface area contributed by atoms with Gasteiger partial charge < -0.3 is 15.4 Å². The summed E-state index contributed by atoms with van der Waals surface area (Å²) in [5.41, 5.74) is 1.07. The van der Waals surface area contributed by atoms with Crippen LogP contribution in [0.2, 0.25) is 0 Å². The molecule has 5 nitrogen and oxygen atoms in total. The Morgan fingerprint density at radius 2 is 2.08 bits per heavy atom. The fourth-order valence-electron chi connectivity index (χ4n) is 3.15. The number of benzene rings is 1. The number of halogens is 1. The summed E-state index contributed by atoms with van der Waals surface area (Å²) in [7, 11) is 2.00. The lowest BCUT2D eigenvalue weighted by atomic mass is 9.93. The van der Waals surface area contributed by atoms with Gasteiger partial charge in [0.1, 0.15) is 5.75 Å². The second-order valence-electron chi connectivity index (χ2n) is 6.47. The molecule has 1 aromatic rings. The number of hydrogen-bond acceptors (Lipinski definition) is 4. The zero-order chi connectivity index (χ0) is 17.2. The first-order valence-corrected chi connectivity index (χ1v) is 9.06. The molecule has 1 fully saturated rings. The van der Waals surface area contributed by atoms with Crippen molar-refractivity contribution < 1.29 is 9.53 Å². The van der Waals surface area contributed by atoms with Crippen LogP contribution in [0.25, 0.3) is 0 Å². The Balaban J connectivity index is 0.00000312. The molecule has 1 saturated heterocycles. The van der Waals surface area contributed by atoms with Gasteiger partial charge in [-0.05, 0) is 76.5 Å². The number of likely N-dealkylation sites (tertiary alicyclic amines) is 1. The summed E-state index contributed by atoms with van der Waals surface area (Å²) in [5, 5.41) is 6.23. The van der Waals surface area contributed by atoms with Crippen LogP contribution in [0.5, 0.6) is 5.75 Å². The topological polar surface area (TPSA) is 53.6 Å². The fraction of sp³-hybridized carbons (Fsp3) is 0.632. The van der Waals surface area contributed by atoms with Gasteiger partial charge in [0.2, 0.25) is 5.91 Å². The number of amides is 1. The maximum atomic E-state index is 12.2. The van der Waals surface area contributed by atoms with E-state index in [1.807, 2.05) is 38.2 Å². The van der Waals surface area contributed by atoms with Gasteiger partial charge in [-0.15, -0.1) is 12.4 Å². The Labute approximate surface area is 157 Å². The number of carbonyl (C=O) groups excluding carboxylic acids is 1. The minimum absolute atomic E-state index is 0. The van der Waals surface area contributed by atoms with E-state index in [2.05, 4.69) is 15.5 Å². The maximum absolute atomic E-state index is 12.2. The summed E-state index contributed by atoms with van der Waals surface area (Å²) in [4.78, 5) is 14.4. The summed E-state index contributed by atoms with van der Waals surface area (Å²) in [6.45, 7) is 6.83. The number of carbonyl (C=O) groups is 1. The van der Waals surface area contributed by atoms with Crippen molar-refractivity contribution in [1.82, 2.24) is 15.5 Å². The highest BCUT2D eigenvalue weighted by Gasteiger charge is 2.20. The molecule has 1 aromatic carbocycles. The third-order valence-corrected chi connectivity index (χ3v) is 4.58. The summed E-state index contributed by atoms with van der Waals surface area (Å²) >= 11 is 0. The first-order valence-electron chi connectivity index (χ1n) is 9.06. The van der Waals surface area contributed by atoms with Crippen LogP contribution < -0.4 is 15.4 Å². The Bertz CT molecular complexity index is 505. The van der Waals surface area contributed by atoms with E-state index in [9.17, 15) is 4.79 Å². The van der Waals surface area contributed by atoms with Gasteiger partial charge in [-0.25, -0.2) is 0 Å². The van der Waals surface area contributed by atoms with Crippen molar-refractivity contribution in [1.29, 1.82) is 0 Å². The smallest absolute Gasteiger partial charge is 0.234 e. The first-order chi connectivity index (χ1) is 11.7. The molecule has 142 valence electrons. The van der Waals surface area contributed by atoms with Gasteiger partial charge in [-0.1, -0.05) is 12.1 Å². The summed E-state index contributed by atoms with van der Waals surface area (Å²) in [5.74, 6) is 1.76. The molecule has 25 heavy (non-hydrogen) atoms. The maximum Gasteiger partial charge on any atom is 0.234 e. The average Bonchev–Trinajstić information content (AvgIpc) is 2.60. The SMILES string of the molecule is CCOc1cccc(CNC(=O)CN2CCC(CCNC)CC2)c1.Cl. The number of hydrogen-bond donors (Lipinski definition) is 2. The molecule has 1 aliphatic heterocycles. The highest BCUT2D eigenvalue weighted by molar-refractivity contribution is 5.85. The second-order valence-corrected chi connectivity index (χ2v) is 6.47. The summed E-state index contributed by atoms with van der Waals surface area (Å²) in [6.07, 6.45) is 3.64. The number of rotatable bonds is 9. The van der Waals surface area contributed by atoms with E-state index >= 15 is 0 Å². The van der Waals surface area contributed by atoms with Crippen LogP contribution >= 0.6 is 12.4 Å². The van der Waals surface area contributed by atoms with Crippen molar-refractivity contribution in [2.24, 2.45) is 5.92 Å². The number of nitrogens with one attached hydrogen (secondary N) is 2. The lowest BCUT2D eigenvalue weighted by Crippen LogP contribution is -2.41. The minimum Gasteiger partial charge on any atom is -0.494 e. The molecule has 2 rings (SSSR count). The van der Waals surface area contributed by atoms with E-state index in [-0.39, 0.29) is 18.3 Å². The molecular formula is C19H32ClN3O2. The number of piperidine rings is 1. The monoisotopic (exact) mass is 369 g/mol. The van der Waals surface area contributed by atoms with Crippen molar-refractivity contribution in [3.63, 3.8) is 0 Å². The van der Waals surface area contributed by atoms with E-state index in [0.717, 1.165) is 36.9 Å². The minimum atomic E-state index is 0. The largest absolute Gasteiger partial charge is 0.494 e. The quantitative estimate of drug-likeness (QED) is 0.702. The van der Waals surface area contributed by atoms with Crippen LogP contribution in [0.4, 0.5) is 0 Å². The highest BCUT2D eigenvalue weighted by atomic mass is 35.5. The van der Waals surface area contributed by atoms with Gasteiger partial charge in [0.25, 0.3) is 0 Å². The lowest BCUT2D eigenvalue weighted by molar-refractivity contribution is -0.122. The Morgan fingerprint density at radius 3 is 2.76 bits per heavy atom. The number of nitrogens with zero attached hydrogens (tertiary/aromatic N) is 1. The van der Waals surface area contributed by atoms with Gasteiger partial charge >= 0.3 is 0 Å². The molecule has 2 N–H and O–H groups in total. The predicted molar refractivity (Wildman–Crippen MR) is 104 cm³/mol. The molecule has 0 bridgehead atoms. The summed E-state index contributed by atoms with van der Waals surface area (Å²) < 4.78 is 5.49. The molecule has 1 aliphatic rings. The van der Waals surface area contributed by atoms with Gasteiger partial charge in [0.15, 0.2) is 0 Å². The van der Waals surface area contributed by atoms with Crippen LogP contribution in [0, 0.1) is 5.92 Å². The molecule has 1 amide bonds. The van der Waals surface area contributed by atoms with Crippen molar-refractivity contribution >= 4 is 18.3 Å². The average molecular weight is 370 g/mol. The molecule has 1 heterocycles. The fourth-order valence-corrected chi connectivity index (χ4v) is 3.15. The van der Waals surface area contributed by atoms with Crippen LogP contribution in [0.3, 0.4) is 0 Å². The van der Waals surface area contributed by atoms with Crippen molar-refractivity contribution in [3.05, 3.63) is 29.8 Å². The zero-order valence-corrected chi connectivity index (χ0v) is 16.2. The standard InChI is InChI=1S/C19H31N3O2.ClH/c1-3-24-18-6-4-5-17(13-18)14-21-19(23)15-22-11-8-16(9-12-22)7-10-20-2;/h4-6,13,16,20H,3,7-12,14-15H2,1-2H3,(H,21,23);1H. The molecule has 0 aliphatic carbocycles. The van der Waals surface area contributed by atoms with E-state index in [1.54, 1.807) is 0 Å². The van der Waals surface area contributed by atoms with Crippen molar-refractivity contribution in [2.45, 2.75) is 32.7 Å². The molecule has 0 aromatic heterocycles. The van der Waals surface area contributed by atoms with E-state index in [1.165, 1.54) is 19.3 Å². The van der Waals surface area contributed by atoms with Crippen molar-refractivity contribution in [2.75, 3.05) is 39.8 Å². The van der Waals surface area contributed by atoms with E-state index in [4.69, 9.17) is 4.74 Å². The van der Waals surface area contributed by atoms with E-state index < -0.39 is 0 Å².